The van der Waals surface area contributed by atoms with Crippen molar-refractivity contribution >= 4 is 12.0 Å². The van der Waals surface area contributed by atoms with Gasteiger partial charge in [-0.05, 0) is 13.0 Å². The molecule has 0 saturated carbocycles. The van der Waals surface area contributed by atoms with Crippen LogP contribution in [0.5, 0.6) is 0 Å². The van der Waals surface area contributed by atoms with Crippen molar-refractivity contribution in [3.8, 4) is 0 Å². The molecule has 0 aromatic rings. The van der Waals surface area contributed by atoms with Crippen LogP contribution in [0.15, 0.2) is 29.4 Å². The molecule has 82 valence electrons. The van der Waals surface area contributed by atoms with E-state index in [1.165, 1.54) is 0 Å². The minimum atomic E-state index is -0.616. The van der Waals surface area contributed by atoms with Crippen molar-refractivity contribution in [3.63, 3.8) is 0 Å². The van der Waals surface area contributed by atoms with Gasteiger partial charge in [0.25, 0.3) is 0 Å². The molecule has 0 fully saturated rings. The Hall–Kier alpha value is -1.26. The van der Waals surface area contributed by atoms with E-state index in [1.807, 2.05) is 6.92 Å². The van der Waals surface area contributed by atoms with Crippen LogP contribution in [0.2, 0.25) is 0 Å². The fourth-order valence-electron chi connectivity index (χ4n) is 1.25. The van der Waals surface area contributed by atoms with Crippen molar-refractivity contribution in [1.82, 2.24) is 5.32 Å². The van der Waals surface area contributed by atoms with Crippen LogP contribution in [0.3, 0.4) is 0 Å². The lowest BCUT2D eigenvalue weighted by Gasteiger charge is -2.15. The first-order chi connectivity index (χ1) is 7.29. The second-order valence-electron chi connectivity index (χ2n) is 3.03. The van der Waals surface area contributed by atoms with E-state index in [1.54, 1.807) is 18.4 Å². The molecule has 1 aliphatic heterocycles. The first-order valence-electron chi connectivity index (χ1n) is 5.02. The summed E-state index contributed by atoms with van der Waals surface area (Å²) in [4.78, 5) is 15.8. The van der Waals surface area contributed by atoms with Gasteiger partial charge in [0.15, 0.2) is 6.23 Å². The zero-order valence-corrected chi connectivity index (χ0v) is 8.90. The highest BCUT2D eigenvalue weighted by Gasteiger charge is 2.22. The summed E-state index contributed by atoms with van der Waals surface area (Å²) in [6.45, 7) is 6.44. The third kappa shape index (κ3) is 3.42. The molecule has 0 bridgehead atoms. The molecule has 0 radical (unpaired) electrons. The predicted octanol–water partition coefficient (Wildman–Crippen LogP) is 1.05. The van der Waals surface area contributed by atoms with E-state index in [0.717, 1.165) is 6.42 Å². The maximum atomic E-state index is 11.8. The number of ether oxygens (including phenoxy) is 1. The minimum absolute atomic E-state index is 0.118. The summed E-state index contributed by atoms with van der Waals surface area (Å²) >= 11 is 0. The summed E-state index contributed by atoms with van der Waals surface area (Å²) in [5.41, 5.74) is 0.477. The summed E-state index contributed by atoms with van der Waals surface area (Å²) in [5, 5.41) is 2.94. The van der Waals surface area contributed by atoms with Crippen molar-refractivity contribution in [2.45, 2.75) is 19.6 Å². The zero-order valence-electron chi connectivity index (χ0n) is 8.90. The average Bonchev–Trinajstić information content (AvgIpc) is 2.76. The summed E-state index contributed by atoms with van der Waals surface area (Å²) in [6.07, 6.45) is 5.30. The molecule has 1 heterocycles. The number of hydrogen-bond acceptors (Lipinski definition) is 4. The third-order valence-corrected chi connectivity index (χ3v) is 1.92. The number of Topliss-reactive ketones (excluding diaryl/α,β-unsaturated/α-hetero) is 1. The maximum Gasteiger partial charge on any atom is 0.224 e. The number of allylic oxidation sites excluding steroid dienone is 1. The zero-order chi connectivity index (χ0) is 11.1. The minimum Gasteiger partial charge on any atom is -0.356 e. The number of rotatable bonds is 7. The van der Waals surface area contributed by atoms with E-state index in [-0.39, 0.29) is 5.78 Å². The molecule has 0 amide bonds. The van der Waals surface area contributed by atoms with Gasteiger partial charge in [-0.15, -0.1) is 6.58 Å². The lowest BCUT2D eigenvalue weighted by molar-refractivity contribution is -0.128. The van der Waals surface area contributed by atoms with E-state index >= 15 is 0 Å². The van der Waals surface area contributed by atoms with E-state index in [4.69, 9.17) is 4.74 Å². The number of aliphatic imine (C=N–C) groups is 1. The molecular formula is C11H16N2O2. The standard InChI is InChI=1S/C11H16N2O2/c1-3-7-13-11(15-4-2)10(14)9-6-5-8-12-9/h3,6,8,11,13H,1,4-5,7H2,2H3. The highest BCUT2D eigenvalue weighted by Crippen LogP contribution is 2.09. The van der Waals surface area contributed by atoms with E-state index in [2.05, 4.69) is 16.9 Å². The van der Waals surface area contributed by atoms with Gasteiger partial charge >= 0.3 is 0 Å². The molecule has 1 unspecified atom stereocenters. The quantitative estimate of drug-likeness (QED) is 0.502. The summed E-state index contributed by atoms with van der Waals surface area (Å²) in [7, 11) is 0. The average molecular weight is 208 g/mol. The molecule has 1 N–H and O–H groups in total. The topological polar surface area (TPSA) is 50.7 Å². The normalized spacial score (nSPS) is 16.2. The van der Waals surface area contributed by atoms with Gasteiger partial charge in [-0.3, -0.25) is 15.1 Å². The van der Waals surface area contributed by atoms with Crippen LogP contribution in [-0.2, 0) is 9.53 Å². The third-order valence-electron chi connectivity index (χ3n) is 1.92. The van der Waals surface area contributed by atoms with Gasteiger partial charge in [0.1, 0.15) is 5.70 Å². The van der Waals surface area contributed by atoms with Crippen LogP contribution < -0.4 is 5.32 Å². The first-order valence-corrected chi connectivity index (χ1v) is 5.02. The summed E-state index contributed by atoms with van der Waals surface area (Å²) in [6, 6.07) is 0. The molecule has 1 rings (SSSR count). The number of carbonyl (C=O) groups is 1. The van der Waals surface area contributed by atoms with Crippen LogP contribution in [0.25, 0.3) is 0 Å². The molecule has 0 spiro atoms. The van der Waals surface area contributed by atoms with Crippen molar-refractivity contribution in [3.05, 3.63) is 24.4 Å². The van der Waals surface area contributed by atoms with Crippen molar-refractivity contribution in [2.24, 2.45) is 4.99 Å². The Labute approximate surface area is 89.7 Å². The number of nitrogens with one attached hydrogen (secondary N) is 1. The van der Waals surface area contributed by atoms with Gasteiger partial charge in [-0.25, -0.2) is 0 Å². The Morgan fingerprint density at radius 1 is 1.87 bits per heavy atom. The van der Waals surface area contributed by atoms with Crippen LogP contribution >= 0.6 is 0 Å². The van der Waals surface area contributed by atoms with E-state index in [0.29, 0.717) is 18.8 Å². The molecule has 0 saturated heterocycles. The monoisotopic (exact) mass is 208 g/mol. The highest BCUT2D eigenvalue weighted by atomic mass is 16.5. The van der Waals surface area contributed by atoms with Gasteiger partial charge in [-0.1, -0.05) is 6.08 Å². The molecule has 1 aliphatic rings. The number of hydrogen-bond donors (Lipinski definition) is 1. The van der Waals surface area contributed by atoms with Crippen LogP contribution in [0, 0.1) is 0 Å². The largest absolute Gasteiger partial charge is 0.356 e. The predicted molar refractivity (Wildman–Crippen MR) is 59.8 cm³/mol. The molecule has 4 nitrogen and oxygen atoms in total. The van der Waals surface area contributed by atoms with E-state index in [9.17, 15) is 4.79 Å². The Morgan fingerprint density at radius 3 is 3.20 bits per heavy atom. The van der Waals surface area contributed by atoms with Gasteiger partial charge in [0, 0.05) is 25.8 Å². The smallest absolute Gasteiger partial charge is 0.224 e. The fraction of sp³-hybridized carbons (Fsp3) is 0.455. The Balaban J connectivity index is 2.57. The second-order valence-corrected chi connectivity index (χ2v) is 3.03. The Kier molecular flexibility index (Phi) is 4.93. The van der Waals surface area contributed by atoms with Crippen molar-refractivity contribution in [1.29, 1.82) is 0 Å². The maximum absolute atomic E-state index is 11.8. The lowest BCUT2D eigenvalue weighted by Crippen LogP contribution is -2.39. The summed E-state index contributed by atoms with van der Waals surface area (Å²) in [5.74, 6) is -0.118. The number of nitrogens with zero attached hydrogens (tertiary/aromatic N) is 1. The lowest BCUT2D eigenvalue weighted by atomic mass is 10.2. The van der Waals surface area contributed by atoms with E-state index < -0.39 is 6.23 Å². The first kappa shape index (κ1) is 11.8. The molecule has 0 aromatic carbocycles. The van der Waals surface area contributed by atoms with Gasteiger partial charge in [-0.2, -0.15) is 0 Å². The Bertz CT molecular complexity index is 295. The molecule has 0 aliphatic carbocycles. The van der Waals surface area contributed by atoms with Crippen LogP contribution in [0.1, 0.15) is 13.3 Å². The number of carbonyl (C=O) groups excluding carboxylic acids is 1. The fourth-order valence-corrected chi connectivity index (χ4v) is 1.25. The Morgan fingerprint density at radius 2 is 2.67 bits per heavy atom. The molecular weight excluding hydrogens is 192 g/mol. The molecule has 0 aromatic heterocycles. The van der Waals surface area contributed by atoms with Gasteiger partial charge in [0.2, 0.25) is 5.78 Å². The van der Waals surface area contributed by atoms with Crippen molar-refractivity contribution < 1.29 is 9.53 Å². The van der Waals surface area contributed by atoms with Crippen LogP contribution in [0.4, 0.5) is 0 Å². The van der Waals surface area contributed by atoms with Crippen molar-refractivity contribution in [2.75, 3.05) is 13.2 Å². The summed E-state index contributed by atoms with van der Waals surface area (Å²) < 4.78 is 5.30. The highest BCUT2D eigenvalue weighted by molar-refractivity contribution is 6.00. The molecule has 15 heavy (non-hydrogen) atoms. The molecule has 4 heteroatoms. The second kappa shape index (κ2) is 6.27. The molecule has 1 atom stereocenters. The van der Waals surface area contributed by atoms with Gasteiger partial charge < -0.3 is 4.74 Å². The van der Waals surface area contributed by atoms with Crippen LogP contribution in [-0.4, -0.2) is 31.4 Å². The van der Waals surface area contributed by atoms with Gasteiger partial charge in [0.05, 0.1) is 0 Å². The number of ketones is 1. The SMILES string of the molecule is C=CCNC(OCC)C(=O)C1=CCC=N1.